The number of halogens is 5. The lowest BCUT2D eigenvalue weighted by Crippen LogP contribution is -2.22. The molecular formula is C27H20Cl2F3N3OS. The van der Waals surface area contributed by atoms with Gasteiger partial charge in [-0.25, -0.2) is 18.2 Å². The number of nitrogens with one attached hydrogen (secondary N) is 1. The van der Waals surface area contributed by atoms with E-state index in [0.29, 0.717) is 32.4 Å². The summed E-state index contributed by atoms with van der Waals surface area (Å²) < 4.78 is 40.7. The zero-order chi connectivity index (χ0) is 26.7. The molecule has 0 aliphatic rings. The van der Waals surface area contributed by atoms with Crippen LogP contribution in [0.15, 0.2) is 71.8 Å². The van der Waals surface area contributed by atoms with E-state index in [-0.39, 0.29) is 22.7 Å². The monoisotopic (exact) mass is 561 g/mol. The number of nitrogen functional groups attached to an aromatic ring is 1. The number of carbonyl (C=O) groups excluding carboxylic acids is 1. The van der Waals surface area contributed by atoms with Crippen LogP contribution in [0.4, 0.5) is 19.0 Å². The zero-order valence-corrected chi connectivity index (χ0v) is 21.7. The highest BCUT2D eigenvalue weighted by molar-refractivity contribution is 7.99. The Bertz CT molecular complexity index is 1450. The van der Waals surface area contributed by atoms with Gasteiger partial charge in [-0.1, -0.05) is 35.3 Å². The molecule has 0 fully saturated rings. The topological polar surface area (TPSA) is 68.0 Å². The number of hydrogen-bond acceptors (Lipinski definition) is 4. The molecule has 3 N–H and O–H groups in total. The quantitative estimate of drug-likeness (QED) is 0.178. The van der Waals surface area contributed by atoms with Gasteiger partial charge in [0.25, 0.3) is 5.91 Å². The van der Waals surface area contributed by atoms with Crippen LogP contribution in [0.5, 0.6) is 0 Å². The van der Waals surface area contributed by atoms with Crippen LogP contribution in [0.1, 0.15) is 33.7 Å². The van der Waals surface area contributed by atoms with Gasteiger partial charge in [0.05, 0.1) is 9.92 Å². The Morgan fingerprint density at radius 2 is 1.68 bits per heavy atom. The number of anilines is 1. The number of nitrogens with two attached hydrogens (primary N) is 1. The molecule has 0 bridgehead atoms. The van der Waals surface area contributed by atoms with E-state index in [9.17, 15) is 18.0 Å². The van der Waals surface area contributed by atoms with Crippen LogP contribution in [0.2, 0.25) is 10.0 Å². The van der Waals surface area contributed by atoms with Crippen LogP contribution in [0.25, 0.3) is 11.1 Å². The molecule has 4 aromatic rings. The Kier molecular flexibility index (Phi) is 8.32. The van der Waals surface area contributed by atoms with Gasteiger partial charge in [0.15, 0.2) is 0 Å². The maximum atomic E-state index is 14.0. The minimum atomic E-state index is -0.709. The molecule has 4 nitrogen and oxygen atoms in total. The molecule has 0 radical (unpaired) electrons. The third-order valence-electron chi connectivity index (χ3n) is 5.53. The molecule has 0 saturated carbocycles. The Hall–Kier alpha value is -3.20. The first-order valence-corrected chi connectivity index (χ1v) is 12.6. The molecule has 0 aliphatic carbocycles. The summed E-state index contributed by atoms with van der Waals surface area (Å²) in [5.74, 6) is -2.06. The molecule has 37 heavy (non-hydrogen) atoms. The average molecular weight is 562 g/mol. The zero-order valence-electron chi connectivity index (χ0n) is 19.4. The van der Waals surface area contributed by atoms with Gasteiger partial charge >= 0.3 is 0 Å². The van der Waals surface area contributed by atoms with Gasteiger partial charge in [0.1, 0.15) is 23.3 Å². The van der Waals surface area contributed by atoms with Crippen molar-refractivity contribution in [1.82, 2.24) is 10.3 Å². The number of hydrogen-bond donors (Lipinski definition) is 2. The summed E-state index contributed by atoms with van der Waals surface area (Å²) in [6.45, 7) is 1.82. The molecule has 1 amide bonds. The van der Waals surface area contributed by atoms with Gasteiger partial charge in [0.2, 0.25) is 0 Å². The second-order valence-electron chi connectivity index (χ2n) is 8.16. The fourth-order valence-corrected chi connectivity index (χ4v) is 5.62. The minimum Gasteiger partial charge on any atom is -0.383 e. The van der Waals surface area contributed by atoms with Crippen LogP contribution in [-0.2, 0) is 6.54 Å². The molecule has 0 spiro atoms. The van der Waals surface area contributed by atoms with E-state index in [0.717, 1.165) is 29.3 Å². The third-order valence-corrected chi connectivity index (χ3v) is 7.41. The third kappa shape index (κ3) is 6.39. The van der Waals surface area contributed by atoms with Gasteiger partial charge in [-0.2, -0.15) is 0 Å². The van der Waals surface area contributed by atoms with E-state index in [1.165, 1.54) is 23.9 Å². The smallest absolute Gasteiger partial charge is 0.251 e. The summed E-state index contributed by atoms with van der Waals surface area (Å²) in [6, 6.07) is 14.4. The lowest BCUT2D eigenvalue weighted by molar-refractivity contribution is 0.0951. The van der Waals surface area contributed by atoms with E-state index in [1.807, 2.05) is 13.0 Å². The van der Waals surface area contributed by atoms with Gasteiger partial charge in [-0.3, -0.25) is 4.79 Å². The number of rotatable bonds is 7. The number of thioether (sulfide) groups is 1. The Labute approximate surface area is 226 Å². The maximum absolute atomic E-state index is 14.0. The number of nitrogens with zero attached hydrogens (tertiary/aromatic N) is 1. The van der Waals surface area contributed by atoms with Crippen molar-refractivity contribution in [2.45, 2.75) is 23.6 Å². The number of benzene rings is 3. The van der Waals surface area contributed by atoms with Crippen molar-refractivity contribution >= 4 is 46.7 Å². The predicted octanol–water partition coefficient (Wildman–Crippen LogP) is 7.84. The van der Waals surface area contributed by atoms with Crippen LogP contribution >= 0.6 is 35.0 Å². The summed E-state index contributed by atoms with van der Waals surface area (Å²) in [5, 5.41) is 2.65. The summed E-state index contributed by atoms with van der Waals surface area (Å²) >= 11 is 13.8. The molecule has 1 unspecified atom stereocenters. The first-order chi connectivity index (χ1) is 17.6. The lowest BCUT2D eigenvalue weighted by atomic mass is 10.1. The van der Waals surface area contributed by atoms with Crippen molar-refractivity contribution in [1.29, 1.82) is 0 Å². The van der Waals surface area contributed by atoms with Crippen molar-refractivity contribution in [2.75, 3.05) is 5.73 Å². The SMILES string of the molecule is CC(Sc1cc(-c2ccc(C(=O)NCc3cc(F)cc(F)c3)cc2)cnc1N)c1c(Cl)ccc(F)c1Cl. The molecule has 1 heterocycles. The lowest BCUT2D eigenvalue weighted by Gasteiger charge is -2.17. The van der Waals surface area contributed by atoms with Crippen LogP contribution in [0, 0.1) is 17.5 Å². The summed E-state index contributed by atoms with van der Waals surface area (Å²) in [4.78, 5) is 17.4. The molecule has 3 aromatic carbocycles. The van der Waals surface area contributed by atoms with Gasteiger partial charge < -0.3 is 11.1 Å². The number of pyridine rings is 1. The van der Waals surface area contributed by atoms with Crippen LogP contribution in [0.3, 0.4) is 0 Å². The Morgan fingerprint density at radius 3 is 2.35 bits per heavy atom. The van der Waals surface area contributed by atoms with Crippen molar-refractivity contribution in [2.24, 2.45) is 0 Å². The molecule has 1 aromatic heterocycles. The van der Waals surface area contributed by atoms with E-state index in [1.54, 1.807) is 30.5 Å². The van der Waals surface area contributed by atoms with E-state index >= 15 is 0 Å². The minimum absolute atomic E-state index is 0.0186. The molecule has 1 atom stereocenters. The van der Waals surface area contributed by atoms with Crippen molar-refractivity contribution < 1.29 is 18.0 Å². The van der Waals surface area contributed by atoms with Crippen LogP contribution in [-0.4, -0.2) is 10.9 Å². The van der Waals surface area contributed by atoms with E-state index in [4.69, 9.17) is 28.9 Å². The molecule has 0 saturated heterocycles. The first-order valence-electron chi connectivity index (χ1n) is 11.0. The molecule has 4 rings (SSSR count). The van der Waals surface area contributed by atoms with E-state index in [2.05, 4.69) is 10.3 Å². The first kappa shape index (κ1) is 26.9. The molecule has 190 valence electrons. The highest BCUT2D eigenvalue weighted by Gasteiger charge is 2.20. The molecular weight excluding hydrogens is 542 g/mol. The summed E-state index contributed by atoms with van der Waals surface area (Å²) in [7, 11) is 0. The van der Waals surface area contributed by atoms with Crippen molar-refractivity contribution in [3.63, 3.8) is 0 Å². The standard InChI is InChI=1S/C27H20Cl2F3N3OS/c1-14(24-21(28)6-7-22(32)25(24)29)37-23-10-18(13-34-26(23)33)16-2-4-17(5-3-16)27(36)35-12-15-8-19(30)11-20(31)9-15/h2-11,13-14H,12H2,1H3,(H2,33,34)(H,35,36). The fraction of sp³-hybridized carbons (Fsp3) is 0.111. The van der Waals surface area contributed by atoms with Crippen molar-refractivity contribution in [3.8, 4) is 11.1 Å². The largest absolute Gasteiger partial charge is 0.383 e. The highest BCUT2D eigenvalue weighted by Crippen LogP contribution is 2.44. The average Bonchev–Trinajstić information content (AvgIpc) is 2.86. The Balaban J connectivity index is 1.48. The second kappa shape index (κ2) is 11.5. The molecule has 0 aliphatic heterocycles. The predicted molar refractivity (Wildman–Crippen MR) is 142 cm³/mol. The summed E-state index contributed by atoms with van der Waals surface area (Å²) in [6.07, 6.45) is 1.61. The summed E-state index contributed by atoms with van der Waals surface area (Å²) in [5.41, 5.74) is 8.79. The van der Waals surface area contributed by atoms with Gasteiger partial charge in [-0.05, 0) is 60.5 Å². The Morgan fingerprint density at radius 1 is 1.00 bits per heavy atom. The normalized spacial score (nSPS) is 11.8. The van der Waals surface area contributed by atoms with Crippen LogP contribution < -0.4 is 11.1 Å². The van der Waals surface area contributed by atoms with Gasteiger partial charge in [-0.15, -0.1) is 11.8 Å². The second-order valence-corrected chi connectivity index (χ2v) is 10.3. The number of carbonyl (C=O) groups is 1. The number of aromatic nitrogens is 1. The number of amides is 1. The maximum Gasteiger partial charge on any atom is 0.251 e. The highest BCUT2D eigenvalue weighted by atomic mass is 35.5. The van der Waals surface area contributed by atoms with Gasteiger partial charge in [0, 0.05) is 45.8 Å². The van der Waals surface area contributed by atoms with E-state index < -0.39 is 17.5 Å². The van der Waals surface area contributed by atoms with Crippen molar-refractivity contribution in [3.05, 3.63) is 111 Å². The molecule has 10 heteroatoms. The fourth-order valence-electron chi connectivity index (χ4n) is 3.68.